The summed E-state index contributed by atoms with van der Waals surface area (Å²) >= 11 is 1.79. The lowest BCUT2D eigenvalue weighted by Crippen LogP contribution is -2.55. The van der Waals surface area contributed by atoms with Crippen molar-refractivity contribution >= 4 is 17.4 Å². The quantitative estimate of drug-likeness (QED) is 0.879. The van der Waals surface area contributed by atoms with Crippen molar-refractivity contribution in [3.8, 4) is 0 Å². The van der Waals surface area contributed by atoms with E-state index in [1.54, 1.807) is 11.3 Å². The first-order valence-electron chi connectivity index (χ1n) is 7.16. The van der Waals surface area contributed by atoms with Crippen LogP contribution >= 0.6 is 11.3 Å². The molecular weight excluding hydrogens is 272 g/mol. The second kappa shape index (κ2) is 5.35. The van der Waals surface area contributed by atoms with E-state index in [4.69, 9.17) is 5.73 Å². The average molecular weight is 294 g/mol. The van der Waals surface area contributed by atoms with Crippen molar-refractivity contribution < 1.29 is 4.79 Å². The normalized spacial score (nSPS) is 26.2. The Morgan fingerprint density at radius 3 is 2.95 bits per heavy atom. The van der Waals surface area contributed by atoms with E-state index in [1.807, 2.05) is 4.90 Å². The van der Waals surface area contributed by atoms with Crippen LogP contribution < -0.4 is 11.1 Å². The molecule has 3 heterocycles. The lowest BCUT2D eigenvalue weighted by Gasteiger charge is -2.42. The second-order valence-corrected chi connectivity index (χ2v) is 6.75. The number of fused-ring (bicyclic) bond motifs is 1. The molecule has 3 N–H and O–H groups in total. The molecule has 2 aliphatic heterocycles. The zero-order valence-electron chi connectivity index (χ0n) is 12.0. The van der Waals surface area contributed by atoms with Gasteiger partial charge in [-0.1, -0.05) is 0 Å². The van der Waals surface area contributed by atoms with Crippen LogP contribution in [0.1, 0.15) is 23.4 Å². The number of amides is 2. The highest BCUT2D eigenvalue weighted by molar-refractivity contribution is 7.10. The molecule has 3 rings (SSSR count). The van der Waals surface area contributed by atoms with E-state index in [9.17, 15) is 4.79 Å². The van der Waals surface area contributed by atoms with Gasteiger partial charge in [-0.2, -0.15) is 0 Å². The fourth-order valence-electron chi connectivity index (χ4n) is 3.31. The minimum atomic E-state index is 0.0827. The van der Waals surface area contributed by atoms with Gasteiger partial charge in [0, 0.05) is 37.1 Å². The van der Waals surface area contributed by atoms with E-state index in [-0.39, 0.29) is 24.2 Å². The average Bonchev–Trinajstić information content (AvgIpc) is 2.97. The van der Waals surface area contributed by atoms with Crippen LogP contribution in [0.5, 0.6) is 0 Å². The molecular formula is C14H22N4OS. The summed E-state index contributed by atoms with van der Waals surface area (Å²) in [6, 6.07) is 2.88. The SMILES string of the molecule is Cc1ccsc1C(C(C)N)N1CCN2C(=O)NCC2C1. The smallest absolute Gasteiger partial charge is 0.317 e. The molecule has 0 radical (unpaired) electrons. The van der Waals surface area contributed by atoms with Gasteiger partial charge in [-0.15, -0.1) is 11.3 Å². The second-order valence-electron chi connectivity index (χ2n) is 5.80. The van der Waals surface area contributed by atoms with Crippen molar-refractivity contribution in [1.82, 2.24) is 15.1 Å². The fourth-order valence-corrected chi connectivity index (χ4v) is 4.48. The van der Waals surface area contributed by atoms with Gasteiger partial charge in [-0.3, -0.25) is 4.90 Å². The number of nitrogens with one attached hydrogen (secondary N) is 1. The summed E-state index contributed by atoms with van der Waals surface area (Å²) in [7, 11) is 0. The third-order valence-corrected chi connectivity index (χ3v) is 5.42. The Kier molecular flexibility index (Phi) is 3.70. The van der Waals surface area contributed by atoms with Crippen molar-refractivity contribution in [2.24, 2.45) is 5.73 Å². The van der Waals surface area contributed by atoms with Crippen LogP contribution in [-0.4, -0.2) is 54.1 Å². The first-order chi connectivity index (χ1) is 9.58. The lowest BCUT2D eigenvalue weighted by molar-refractivity contribution is 0.0806. The number of carbonyl (C=O) groups is 1. The van der Waals surface area contributed by atoms with Crippen LogP contribution in [0, 0.1) is 6.92 Å². The van der Waals surface area contributed by atoms with Crippen molar-refractivity contribution in [1.29, 1.82) is 0 Å². The van der Waals surface area contributed by atoms with Crippen LogP contribution in [0.4, 0.5) is 4.79 Å². The number of thiophene rings is 1. The van der Waals surface area contributed by atoms with Crippen LogP contribution in [0.25, 0.3) is 0 Å². The molecule has 0 bridgehead atoms. The minimum absolute atomic E-state index is 0.0827. The number of nitrogens with two attached hydrogens (primary N) is 1. The van der Waals surface area contributed by atoms with Gasteiger partial charge in [0.15, 0.2) is 0 Å². The zero-order valence-corrected chi connectivity index (χ0v) is 12.8. The largest absolute Gasteiger partial charge is 0.336 e. The van der Waals surface area contributed by atoms with E-state index in [0.717, 1.165) is 26.2 Å². The van der Waals surface area contributed by atoms with Crippen molar-refractivity contribution in [3.05, 3.63) is 21.9 Å². The standard InChI is InChI=1S/C14H22N4OS/c1-9-3-6-20-13(9)12(10(2)15)17-4-5-18-11(8-17)7-16-14(18)19/h3,6,10-12H,4-5,7-8,15H2,1-2H3,(H,16,19). The lowest BCUT2D eigenvalue weighted by atomic mass is 10.0. The molecule has 5 nitrogen and oxygen atoms in total. The predicted octanol–water partition coefficient (Wildman–Crippen LogP) is 1.15. The van der Waals surface area contributed by atoms with Crippen molar-refractivity contribution in [3.63, 3.8) is 0 Å². The molecule has 3 unspecified atom stereocenters. The summed E-state index contributed by atoms with van der Waals surface area (Å²) in [6.07, 6.45) is 0. The molecule has 0 aromatic carbocycles. The number of piperazine rings is 1. The van der Waals surface area contributed by atoms with Crippen LogP contribution in [0.2, 0.25) is 0 Å². The van der Waals surface area contributed by atoms with Gasteiger partial charge < -0.3 is 16.0 Å². The van der Waals surface area contributed by atoms with Gasteiger partial charge in [0.05, 0.1) is 12.1 Å². The molecule has 3 atom stereocenters. The molecule has 2 amide bonds. The molecule has 0 aliphatic carbocycles. The Bertz CT molecular complexity index is 501. The molecule has 0 spiro atoms. The number of carbonyl (C=O) groups excluding carboxylic acids is 1. The van der Waals surface area contributed by atoms with Crippen molar-refractivity contribution in [2.75, 3.05) is 26.2 Å². The Hall–Kier alpha value is -1.11. The van der Waals surface area contributed by atoms with Gasteiger partial charge in [-0.25, -0.2) is 4.79 Å². The highest BCUT2D eigenvalue weighted by Crippen LogP contribution is 2.32. The minimum Gasteiger partial charge on any atom is -0.336 e. The Labute approximate surface area is 123 Å². The third-order valence-electron chi connectivity index (χ3n) is 4.33. The zero-order chi connectivity index (χ0) is 14.3. The van der Waals surface area contributed by atoms with Crippen molar-refractivity contribution in [2.45, 2.75) is 32.0 Å². The maximum Gasteiger partial charge on any atom is 0.317 e. The molecule has 0 saturated carbocycles. The van der Waals surface area contributed by atoms with E-state index in [1.165, 1.54) is 10.4 Å². The number of hydrogen-bond acceptors (Lipinski definition) is 4. The molecule has 110 valence electrons. The van der Waals surface area contributed by atoms with Gasteiger partial charge in [0.25, 0.3) is 0 Å². The topological polar surface area (TPSA) is 61.6 Å². The Morgan fingerprint density at radius 1 is 1.50 bits per heavy atom. The highest BCUT2D eigenvalue weighted by atomic mass is 32.1. The number of rotatable bonds is 3. The summed E-state index contributed by atoms with van der Waals surface area (Å²) in [5.74, 6) is 0. The Balaban J connectivity index is 1.80. The molecule has 2 saturated heterocycles. The van der Waals surface area contributed by atoms with Gasteiger partial charge in [0.2, 0.25) is 0 Å². The van der Waals surface area contributed by atoms with E-state index >= 15 is 0 Å². The molecule has 1 aromatic heterocycles. The molecule has 2 aliphatic rings. The van der Waals surface area contributed by atoms with Crippen LogP contribution in [0.15, 0.2) is 11.4 Å². The van der Waals surface area contributed by atoms with E-state index < -0.39 is 0 Å². The summed E-state index contributed by atoms with van der Waals surface area (Å²) in [5, 5.41) is 5.06. The van der Waals surface area contributed by atoms with E-state index in [0.29, 0.717) is 0 Å². The Morgan fingerprint density at radius 2 is 2.30 bits per heavy atom. The maximum atomic E-state index is 11.7. The molecule has 1 aromatic rings. The summed E-state index contributed by atoms with van der Waals surface area (Å²) in [5.41, 5.74) is 7.58. The van der Waals surface area contributed by atoms with Crippen LogP contribution in [0.3, 0.4) is 0 Å². The van der Waals surface area contributed by atoms with Gasteiger partial charge in [-0.05, 0) is 30.9 Å². The molecule has 6 heteroatoms. The number of hydrogen-bond donors (Lipinski definition) is 2. The molecule has 2 fully saturated rings. The first kappa shape index (κ1) is 13.9. The predicted molar refractivity (Wildman–Crippen MR) is 80.9 cm³/mol. The highest BCUT2D eigenvalue weighted by Gasteiger charge is 2.39. The first-order valence-corrected chi connectivity index (χ1v) is 8.04. The fraction of sp³-hybridized carbons (Fsp3) is 0.643. The third kappa shape index (κ3) is 2.32. The van der Waals surface area contributed by atoms with Gasteiger partial charge in [0.1, 0.15) is 0 Å². The maximum absolute atomic E-state index is 11.7. The number of aryl methyl sites for hydroxylation is 1. The monoisotopic (exact) mass is 294 g/mol. The number of nitrogens with zero attached hydrogens (tertiary/aromatic N) is 2. The van der Waals surface area contributed by atoms with Crippen LogP contribution in [-0.2, 0) is 0 Å². The van der Waals surface area contributed by atoms with E-state index in [2.05, 4.69) is 35.5 Å². The van der Waals surface area contributed by atoms with Gasteiger partial charge >= 0.3 is 6.03 Å². The summed E-state index contributed by atoms with van der Waals surface area (Å²) in [4.78, 5) is 17.4. The summed E-state index contributed by atoms with van der Waals surface area (Å²) in [6.45, 7) is 7.58. The number of urea groups is 1. The molecule has 20 heavy (non-hydrogen) atoms. The summed E-state index contributed by atoms with van der Waals surface area (Å²) < 4.78 is 0.